The van der Waals surface area contributed by atoms with Gasteiger partial charge in [0.25, 0.3) is 5.92 Å². The number of hydrogen-bond acceptors (Lipinski definition) is 7. The number of benzene rings is 2. The minimum atomic E-state index is -5.06. The lowest BCUT2D eigenvalue weighted by molar-refractivity contribution is -0.142. The number of fused-ring (bicyclic) bond motifs is 4. The van der Waals surface area contributed by atoms with Crippen molar-refractivity contribution in [3.8, 4) is 23.0 Å². The molecule has 4 heterocycles. The highest BCUT2D eigenvalue weighted by atomic mass is 35.5. The van der Waals surface area contributed by atoms with Crippen molar-refractivity contribution in [2.75, 3.05) is 6.26 Å². The summed E-state index contributed by atoms with van der Waals surface area (Å²) in [5.74, 6) is -4.03. The Balaban J connectivity index is 1.29. The summed E-state index contributed by atoms with van der Waals surface area (Å²) in [6.45, 7) is 2.71. The smallest absolute Gasteiger partial charge is 0.321 e. The fourth-order valence-corrected chi connectivity index (χ4v) is 9.32. The van der Waals surface area contributed by atoms with Crippen molar-refractivity contribution in [1.82, 2.24) is 34.1 Å². The lowest BCUT2D eigenvalue weighted by Gasteiger charge is -2.22. The Labute approximate surface area is 349 Å². The molecule has 0 saturated heterocycles. The van der Waals surface area contributed by atoms with Gasteiger partial charge in [-0.25, -0.2) is 27.2 Å². The zero-order valence-corrected chi connectivity index (χ0v) is 34.4. The molecule has 8 rings (SSSR count). The molecule has 318 valence electrons. The number of imidazole rings is 1. The predicted molar refractivity (Wildman–Crippen MR) is 210 cm³/mol. The number of halogens is 8. The molecule has 0 aliphatic heterocycles. The van der Waals surface area contributed by atoms with Crippen molar-refractivity contribution in [1.29, 1.82) is 0 Å². The normalized spacial score (nSPS) is 17.5. The maximum atomic E-state index is 15.5. The summed E-state index contributed by atoms with van der Waals surface area (Å²) in [7, 11) is -2.02. The first-order valence-corrected chi connectivity index (χ1v) is 21.3. The van der Waals surface area contributed by atoms with Gasteiger partial charge in [-0.3, -0.25) is 14.2 Å². The summed E-state index contributed by atoms with van der Waals surface area (Å²) in [6, 6.07) is 9.18. The van der Waals surface area contributed by atoms with Crippen LogP contribution < -0.4 is 0 Å². The number of rotatable bonds is 11. The highest BCUT2D eigenvalue weighted by molar-refractivity contribution is 7.89. The second-order valence-electron chi connectivity index (χ2n) is 16.1. The van der Waals surface area contributed by atoms with Crippen LogP contribution in [0.2, 0.25) is 5.02 Å². The molecule has 1 fully saturated rings. The number of pyridine rings is 1. The largest absolute Gasteiger partial charge is 0.435 e. The Kier molecular flexibility index (Phi) is 10.2. The van der Waals surface area contributed by atoms with Crippen LogP contribution in [-0.4, -0.2) is 54.6 Å². The molecule has 0 amide bonds. The molecule has 4 aromatic heterocycles. The number of aryl methyl sites for hydroxylation is 1. The number of carbonyl (C=O) groups is 1. The van der Waals surface area contributed by atoms with E-state index in [9.17, 15) is 35.2 Å². The Morgan fingerprint density at radius 1 is 1.05 bits per heavy atom. The van der Waals surface area contributed by atoms with Gasteiger partial charge in [0.1, 0.15) is 35.1 Å². The SMILES string of the molecule is Cn1nc(CS(C)(=O)=O)c2c(Cl)ccc(-c3ccc(C#CC(C)(C)n4ccnc4)nc3[C@@H](CC(=O)Cn3nc(C(F)(F)F)c4c3C(F)(F)[C@@H]3C[C@H]43)Cc3cc(F)cc(F)c3)c21. The Bertz CT molecular complexity index is 2910. The van der Waals surface area contributed by atoms with Crippen LogP contribution >= 0.6 is 11.6 Å². The standard InChI is InChI=1S/C42H35ClF7N7O3S/c1-40(2,56-12-11-51-21-56)10-9-26-5-6-28(29-7-8-32(43)35-33(20-61(4,59)60)53-55(3)37(29)35)36(52-26)23(13-22-14-24(44)17-25(45)15-22)16-27(58)19-57-39-34(38(54-57)42(48,49)50)30-18-31(30)41(39,46)47/h5-8,11-12,14-15,17,21,23,30-31H,13,16,18-20H2,1-4H3/t23-,30+,31-/m1/s1. The van der Waals surface area contributed by atoms with Crippen LogP contribution in [0.1, 0.15) is 78.1 Å². The van der Waals surface area contributed by atoms with Crippen LogP contribution in [0.3, 0.4) is 0 Å². The first kappa shape index (κ1) is 42.2. The van der Waals surface area contributed by atoms with E-state index in [0.717, 1.165) is 18.4 Å². The van der Waals surface area contributed by atoms with Gasteiger partial charge in [0, 0.05) is 72.1 Å². The summed E-state index contributed by atoms with van der Waals surface area (Å²) in [5, 5.41) is 8.48. The van der Waals surface area contributed by atoms with Gasteiger partial charge in [-0.15, -0.1) is 0 Å². The number of nitrogens with zero attached hydrogens (tertiary/aromatic N) is 7. The van der Waals surface area contributed by atoms with Crippen LogP contribution in [0.5, 0.6) is 0 Å². The highest BCUT2D eigenvalue weighted by Crippen LogP contribution is 2.68. The maximum Gasteiger partial charge on any atom is 0.435 e. The van der Waals surface area contributed by atoms with Crippen molar-refractivity contribution < 1.29 is 43.9 Å². The number of aromatic nitrogens is 7. The summed E-state index contributed by atoms with van der Waals surface area (Å²) >= 11 is 6.67. The average molecular weight is 886 g/mol. The van der Waals surface area contributed by atoms with Crippen molar-refractivity contribution >= 4 is 38.1 Å². The second kappa shape index (κ2) is 14.8. The summed E-state index contributed by atoms with van der Waals surface area (Å²) in [5.41, 5.74) is -2.08. The highest BCUT2D eigenvalue weighted by Gasteiger charge is 2.68. The summed E-state index contributed by atoms with van der Waals surface area (Å²) in [6.07, 6.45) is -0.0752. The van der Waals surface area contributed by atoms with Gasteiger partial charge in [-0.2, -0.15) is 32.1 Å². The number of carbonyl (C=O) groups excluding carboxylic acids is 1. The fourth-order valence-electron chi connectivity index (χ4n) is 8.36. The molecule has 10 nitrogen and oxygen atoms in total. The van der Waals surface area contributed by atoms with Gasteiger partial charge in [0.15, 0.2) is 21.3 Å². The minimum absolute atomic E-state index is 0.0870. The maximum absolute atomic E-state index is 15.5. The number of hydrogen-bond donors (Lipinski definition) is 0. The molecule has 0 radical (unpaired) electrons. The van der Waals surface area contributed by atoms with E-state index in [0.29, 0.717) is 32.8 Å². The third-order valence-corrected chi connectivity index (χ3v) is 12.2. The van der Waals surface area contributed by atoms with Crippen LogP contribution in [0.4, 0.5) is 30.7 Å². The molecule has 1 saturated carbocycles. The number of sulfone groups is 1. The third-order valence-electron chi connectivity index (χ3n) is 11.1. The van der Waals surface area contributed by atoms with E-state index in [-0.39, 0.29) is 40.5 Å². The van der Waals surface area contributed by atoms with E-state index in [2.05, 4.69) is 27.0 Å². The quantitative estimate of drug-likeness (QED) is 0.0947. The first-order valence-electron chi connectivity index (χ1n) is 18.9. The van der Waals surface area contributed by atoms with Gasteiger partial charge < -0.3 is 4.57 Å². The van der Waals surface area contributed by atoms with Crippen LogP contribution in [-0.2, 0) is 58.0 Å². The molecule has 2 aliphatic carbocycles. The fraction of sp³-hybridized carbons (Fsp3) is 0.357. The van der Waals surface area contributed by atoms with Gasteiger partial charge >= 0.3 is 6.18 Å². The molecule has 0 bridgehead atoms. The third kappa shape index (κ3) is 8.05. The van der Waals surface area contributed by atoms with E-state index < -0.39 is 98.3 Å². The van der Waals surface area contributed by atoms with Crippen LogP contribution in [0.25, 0.3) is 22.0 Å². The van der Waals surface area contributed by atoms with E-state index in [1.54, 1.807) is 48.5 Å². The van der Waals surface area contributed by atoms with E-state index >= 15 is 8.78 Å². The van der Waals surface area contributed by atoms with E-state index in [4.69, 9.17) is 16.6 Å². The molecule has 0 spiro atoms. The molecule has 19 heteroatoms. The zero-order chi connectivity index (χ0) is 44.0. The Morgan fingerprint density at radius 2 is 1.75 bits per heavy atom. The molecule has 3 atom stereocenters. The monoisotopic (exact) mass is 885 g/mol. The first-order chi connectivity index (χ1) is 28.5. The van der Waals surface area contributed by atoms with Crippen molar-refractivity contribution in [3.63, 3.8) is 0 Å². The summed E-state index contributed by atoms with van der Waals surface area (Å²) in [4.78, 5) is 23.2. The molecular weight excluding hydrogens is 851 g/mol. The van der Waals surface area contributed by atoms with Gasteiger partial charge in [-0.05, 0) is 74.4 Å². The van der Waals surface area contributed by atoms with Crippen LogP contribution in [0, 0.1) is 29.4 Å². The molecule has 2 aromatic carbocycles. The summed E-state index contributed by atoms with van der Waals surface area (Å²) < 4.78 is 131. The van der Waals surface area contributed by atoms with Gasteiger partial charge in [-0.1, -0.05) is 23.6 Å². The topological polar surface area (TPSA) is 118 Å². The Morgan fingerprint density at radius 3 is 2.41 bits per heavy atom. The van der Waals surface area contributed by atoms with Gasteiger partial charge in [0.05, 0.1) is 34.0 Å². The predicted octanol–water partition coefficient (Wildman–Crippen LogP) is 8.50. The van der Waals surface area contributed by atoms with Crippen molar-refractivity contribution in [2.45, 2.75) is 74.9 Å². The second-order valence-corrected chi connectivity index (χ2v) is 18.7. The van der Waals surface area contributed by atoms with E-state index in [1.807, 2.05) is 13.8 Å². The lowest BCUT2D eigenvalue weighted by atomic mass is 9.86. The molecule has 6 aromatic rings. The molecule has 2 aliphatic rings. The number of ketones is 1. The Hall–Kier alpha value is -5.54. The van der Waals surface area contributed by atoms with E-state index in [1.165, 1.54) is 10.7 Å². The zero-order valence-electron chi connectivity index (χ0n) is 32.8. The van der Waals surface area contributed by atoms with Crippen molar-refractivity contribution in [2.24, 2.45) is 13.0 Å². The number of Topliss-reactive ketones (excluding diaryl/α,β-unsaturated/α-hetero) is 1. The molecule has 0 unspecified atom stereocenters. The molecule has 0 N–H and O–H groups in total. The number of alkyl halides is 5. The minimum Gasteiger partial charge on any atom is -0.321 e. The molecule has 61 heavy (non-hydrogen) atoms. The van der Waals surface area contributed by atoms with Crippen molar-refractivity contribution in [3.05, 3.63) is 117 Å². The van der Waals surface area contributed by atoms with Crippen LogP contribution in [0.15, 0.2) is 61.2 Å². The average Bonchev–Trinajstić information content (AvgIpc) is 3.41. The lowest BCUT2D eigenvalue weighted by Crippen LogP contribution is -2.24. The van der Waals surface area contributed by atoms with Gasteiger partial charge in [0.2, 0.25) is 0 Å². The molecular formula is C42H35ClF7N7O3S.